The van der Waals surface area contributed by atoms with Crippen LogP contribution in [0.5, 0.6) is 0 Å². The third-order valence-corrected chi connectivity index (χ3v) is 4.61. The van der Waals surface area contributed by atoms with Crippen molar-refractivity contribution in [3.8, 4) is 0 Å². The van der Waals surface area contributed by atoms with Crippen molar-refractivity contribution in [1.29, 1.82) is 0 Å². The van der Waals surface area contributed by atoms with Crippen molar-refractivity contribution in [1.82, 2.24) is 0 Å². The number of anilines is 2. The zero-order valence-corrected chi connectivity index (χ0v) is 15.6. The van der Waals surface area contributed by atoms with Gasteiger partial charge in [0.1, 0.15) is 5.60 Å². The maximum atomic E-state index is 11.5. The summed E-state index contributed by atoms with van der Waals surface area (Å²) >= 11 is 0. The number of rotatable bonds is 7. The molecule has 0 saturated heterocycles. The van der Waals surface area contributed by atoms with Crippen molar-refractivity contribution < 1.29 is 5.11 Å². The molecule has 0 unspecified atom stereocenters. The highest BCUT2D eigenvalue weighted by Crippen LogP contribution is 2.36. The van der Waals surface area contributed by atoms with Crippen molar-refractivity contribution in [3.05, 3.63) is 59.7 Å². The van der Waals surface area contributed by atoms with Gasteiger partial charge < -0.3 is 14.9 Å². The number of hydrogen-bond acceptors (Lipinski definition) is 3. The van der Waals surface area contributed by atoms with E-state index in [-0.39, 0.29) is 0 Å². The summed E-state index contributed by atoms with van der Waals surface area (Å²) in [7, 11) is 8.10. The van der Waals surface area contributed by atoms with E-state index in [0.717, 1.165) is 41.8 Å². The maximum absolute atomic E-state index is 11.5. The maximum Gasteiger partial charge on any atom is 0.115 e. The predicted octanol–water partition coefficient (Wildman–Crippen LogP) is 4.24. The van der Waals surface area contributed by atoms with Gasteiger partial charge in [-0.05, 0) is 41.8 Å². The number of benzene rings is 2. The Balaban J connectivity index is 2.41. The molecule has 0 spiro atoms. The van der Waals surface area contributed by atoms with Crippen molar-refractivity contribution in [2.75, 3.05) is 38.0 Å². The molecule has 0 aliphatic carbocycles. The van der Waals surface area contributed by atoms with Crippen LogP contribution in [-0.2, 0) is 5.60 Å². The number of nitrogens with zero attached hydrogens (tertiary/aromatic N) is 2. The first-order chi connectivity index (χ1) is 11.4. The van der Waals surface area contributed by atoms with E-state index in [1.807, 2.05) is 52.5 Å². The molecule has 2 aromatic rings. The van der Waals surface area contributed by atoms with Gasteiger partial charge in [0, 0.05) is 39.6 Å². The lowest BCUT2D eigenvalue weighted by Crippen LogP contribution is -2.27. The summed E-state index contributed by atoms with van der Waals surface area (Å²) in [6.45, 7) is 2.16. The highest BCUT2D eigenvalue weighted by molar-refractivity contribution is 5.51. The Bertz CT molecular complexity index is 578. The Hall–Kier alpha value is -2.00. The topological polar surface area (TPSA) is 26.7 Å². The van der Waals surface area contributed by atoms with Crippen LogP contribution in [0.2, 0.25) is 0 Å². The SMILES string of the molecule is CCCCC(O)(c1ccc(N(C)C)cc1)c1ccc(N(C)C)cc1. The second-order valence-corrected chi connectivity index (χ2v) is 6.85. The normalized spacial score (nSPS) is 11.4. The Morgan fingerprint density at radius 3 is 1.42 bits per heavy atom. The molecule has 0 bridgehead atoms. The first kappa shape index (κ1) is 18.3. The van der Waals surface area contributed by atoms with Crippen LogP contribution in [0.25, 0.3) is 0 Å². The molecule has 0 aliphatic rings. The molecule has 2 aromatic carbocycles. The van der Waals surface area contributed by atoms with Crippen LogP contribution in [0.4, 0.5) is 11.4 Å². The minimum absolute atomic E-state index is 0.728. The predicted molar refractivity (Wildman–Crippen MR) is 104 cm³/mol. The Morgan fingerprint density at radius 1 is 0.750 bits per heavy atom. The molecule has 0 heterocycles. The summed E-state index contributed by atoms with van der Waals surface area (Å²) in [6.07, 6.45) is 2.78. The molecule has 3 nitrogen and oxygen atoms in total. The van der Waals surface area contributed by atoms with Crippen LogP contribution in [0.15, 0.2) is 48.5 Å². The Labute approximate surface area is 146 Å². The Morgan fingerprint density at radius 2 is 1.12 bits per heavy atom. The largest absolute Gasteiger partial charge is 0.380 e. The summed E-state index contributed by atoms with van der Waals surface area (Å²) in [6, 6.07) is 16.5. The van der Waals surface area contributed by atoms with Gasteiger partial charge in [-0.1, -0.05) is 44.0 Å². The van der Waals surface area contributed by atoms with E-state index < -0.39 is 5.60 Å². The third kappa shape index (κ3) is 3.90. The van der Waals surface area contributed by atoms with Crippen LogP contribution >= 0.6 is 0 Å². The smallest absolute Gasteiger partial charge is 0.115 e. The van der Waals surface area contributed by atoms with E-state index >= 15 is 0 Å². The fraction of sp³-hybridized carbons (Fsp3) is 0.429. The van der Waals surface area contributed by atoms with Crippen LogP contribution in [0.3, 0.4) is 0 Å². The van der Waals surface area contributed by atoms with Gasteiger partial charge in [-0.25, -0.2) is 0 Å². The molecule has 130 valence electrons. The molecule has 1 N–H and O–H groups in total. The molecular formula is C21H30N2O. The van der Waals surface area contributed by atoms with Gasteiger partial charge in [0.2, 0.25) is 0 Å². The average molecular weight is 326 g/mol. The molecule has 0 fully saturated rings. The van der Waals surface area contributed by atoms with E-state index in [9.17, 15) is 5.11 Å². The van der Waals surface area contributed by atoms with Crippen LogP contribution < -0.4 is 9.80 Å². The monoisotopic (exact) mass is 326 g/mol. The summed E-state index contributed by atoms with van der Waals surface area (Å²) in [5, 5.41) is 11.5. The highest BCUT2D eigenvalue weighted by Gasteiger charge is 2.30. The molecule has 0 radical (unpaired) electrons. The minimum atomic E-state index is -0.939. The minimum Gasteiger partial charge on any atom is -0.380 e. The summed E-state index contributed by atoms with van der Waals surface area (Å²) < 4.78 is 0. The zero-order valence-electron chi connectivity index (χ0n) is 15.6. The third-order valence-electron chi connectivity index (χ3n) is 4.61. The molecule has 3 heteroatoms. The molecule has 24 heavy (non-hydrogen) atoms. The summed E-state index contributed by atoms with van der Waals surface area (Å²) in [4.78, 5) is 4.14. The van der Waals surface area contributed by atoms with Gasteiger partial charge in [-0.15, -0.1) is 0 Å². The lowest BCUT2D eigenvalue weighted by Gasteiger charge is -2.30. The fourth-order valence-corrected chi connectivity index (χ4v) is 2.96. The van der Waals surface area contributed by atoms with Gasteiger partial charge in [-0.3, -0.25) is 0 Å². The molecular weight excluding hydrogens is 296 g/mol. The second kappa shape index (κ2) is 7.71. The molecule has 0 aliphatic heterocycles. The number of aliphatic hydroxyl groups is 1. The lowest BCUT2D eigenvalue weighted by molar-refractivity contribution is 0.0685. The van der Waals surface area contributed by atoms with E-state index in [1.165, 1.54) is 0 Å². The zero-order chi connectivity index (χ0) is 17.7. The highest BCUT2D eigenvalue weighted by atomic mass is 16.3. The van der Waals surface area contributed by atoms with Gasteiger partial charge in [0.25, 0.3) is 0 Å². The van der Waals surface area contributed by atoms with Crippen LogP contribution in [0.1, 0.15) is 37.3 Å². The number of unbranched alkanes of at least 4 members (excludes halogenated alkanes) is 1. The second-order valence-electron chi connectivity index (χ2n) is 6.85. The quantitative estimate of drug-likeness (QED) is 0.824. The fourth-order valence-electron chi connectivity index (χ4n) is 2.96. The summed E-state index contributed by atoms with van der Waals surface area (Å²) in [5.41, 5.74) is 3.25. The van der Waals surface area contributed by atoms with E-state index in [0.29, 0.717) is 0 Å². The van der Waals surface area contributed by atoms with Crippen molar-refractivity contribution >= 4 is 11.4 Å². The van der Waals surface area contributed by atoms with Crippen molar-refractivity contribution in [3.63, 3.8) is 0 Å². The molecule has 0 saturated carbocycles. The van der Waals surface area contributed by atoms with Crippen molar-refractivity contribution in [2.24, 2.45) is 0 Å². The van der Waals surface area contributed by atoms with E-state index in [1.54, 1.807) is 0 Å². The Kier molecular flexibility index (Phi) is 5.89. The average Bonchev–Trinajstić information content (AvgIpc) is 2.59. The van der Waals surface area contributed by atoms with Gasteiger partial charge in [0.15, 0.2) is 0 Å². The first-order valence-corrected chi connectivity index (χ1v) is 8.66. The van der Waals surface area contributed by atoms with Crippen molar-refractivity contribution in [2.45, 2.75) is 31.8 Å². The van der Waals surface area contributed by atoms with Gasteiger partial charge in [0.05, 0.1) is 0 Å². The lowest BCUT2D eigenvalue weighted by atomic mass is 9.82. The molecule has 2 rings (SSSR count). The van der Waals surface area contributed by atoms with E-state index in [2.05, 4.69) is 41.0 Å². The van der Waals surface area contributed by atoms with Gasteiger partial charge >= 0.3 is 0 Å². The molecule has 0 atom stereocenters. The van der Waals surface area contributed by atoms with Crippen LogP contribution in [0, 0.1) is 0 Å². The van der Waals surface area contributed by atoms with E-state index in [4.69, 9.17) is 0 Å². The van der Waals surface area contributed by atoms with Gasteiger partial charge in [-0.2, -0.15) is 0 Å². The summed E-state index contributed by atoms with van der Waals surface area (Å²) in [5.74, 6) is 0. The standard InChI is InChI=1S/C21H30N2O/c1-6-7-16-21(24,17-8-12-19(13-9-17)22(2)3)18-10-14-20(15-11-18)23(4)5/h8-15,24H,6-7,16H2,1-5H3. The molecule has 0 aromatic heterocycles. The van der Waals surface area contributed by atoms with Crippen LogP contribution in [-0.4, -0.2) is 33.3 Å². The molecule has 0 amide bonds. The first-order valence-electron chi connectivity index (χ1n) is 8.66. The number of hydrogen-bond donors (Lipinski definition) is 1.